The molecular formula is C14H9BrCl2N2S. The minimum Gasteiger partial charge on any atom is -0.297 e. The molecular weight excluding hydrogens is 379 g/mol. The van der Waals surface area contributed by atoms with Crippen molar-refractivity contribution in [1.82, 2.24) is 9.55 Å². The van der Waals surface area contributed by atoms with Crippen LogP contribution in [0.25, 0.3) is 16.4 Å². The lowest BCUT2D eigenvalue weighted by Gasteiger charge is -2.09. The first-order chi connectivity index (χ1) is 9.54. The Morgan fingerprint density at radius 1 is 1.20 bits per heavy atom. The van der Waals surface area contributed by atoms with Crippen molar-refractivity contribution in [3.63, 3.8) is 0 Å². The highest BCUT2D eigenvalue weighted by atomic mass is 79.9. The van der Waals surface area contributed by atoms with Crippen molar-refractivity contribution in [3.8, 4) is 16.4 Å². The Hall–Kier alpha value is -0.810. The maximum Gasteiger partial charge on any atom is 0.154 e. The minimum absolute atomic E-state index is 0.642. The summed E-state index contributed by atoms with van der Waals surface area (Å²) >= 11 is 17.5. The van der Waals surface area contributed by atoms with Gasteiger partial charge in [-0.05, 0) is 53.2 Å². The van der Waals surface area contributed by atoms with Gasteiger partial charge >= 0.3 is 0 Å². The Bertz CT molecular complexity index is 779. The zero-order chi connectivity index (χ0) is 14.3. The zero-order valence-electron chi connectivity index (χ0n) is 10.4. The van der Waals surface area contributed by atoms with E-state index in [0.29, 0.717) is 10.0 Å². The van der Waals surface area contributed by atoms with Crippen LogP contribution in [0.5, 0.6) is 0 Å². The van der Waals surface area contributed by atoms with E-state index in [1.165, 1.54) is 0 Å². The Labute approximate surface area is 139 Å². The predicted octanol–water partition coefficient (Wildman–Crippen LogP) is 5.98. The molecule has 0 N–H and O–H groups in total. The molecule has 0 spiro atoms. The molecule has 0 aliphatic rings. The smallest absolute Gasteiger partial charge is 0.154 e. The second-order valence-corrected chi connectivity index (χ2v) is 7.58. The summed E-state index contributed by atoms with van der Waals surface area (Å²) in [6.45, 7) is 1.96. The standard InChI is InChI=1S/C14H9BrCl2N2S/c1-8-7-19(11-6-9(16)2-3-10(11)17)14(18-8)12-4-5-13(15)20-12/h2-7H,1H3. The molecule has 2 nitrogen and oxygen atoms in total. The Balaban J connectivity index is 2.22. The van der Waals surface area contributed by atoms with Crippen LogP contribution in [0.1, 0.15) is 5.69 Å². The molecule has 0 saturated heterocycles. The monoisotopic (exact) mass is 386 g/mol. The number of rotatable bonds is 2. The van der Waals surface area contributed by atoms with Crippen LogP contribution >= 0.6 is 50.5 Å². The molecule has 0 aliphatic carbocycles. The van der Waals surface area contributed by atoms with Crippen molar-refractivity contribution in [2.75, 3.05) is 0 Å². The van der Waals surface area contributed by atoms with Gasteiger partial charge in [-0.1, -0.05) is 23.2 Å². The molecule has 3 aromatic rings. The summed E-state index contributed by atoms with van der Waals surface area (Å²) in [4.78, 5) is 5.66. The summed E-state index contributed by atoms with van der Waals surface area (Å²) in [6, 6.07) is 9.46. The number of imidazole rings is 1. The molecule has 1 aromatic carbocycles. The highest BCUT2D eigenvalue weighted by Crippen LogP contribution is 2.34. The highest BCUT2D eigenvalue weighted by Gasteiger charge is 2.14. The van der Waals surface area contributed by atoms with Crippen LogP contribution in [0.2, 0.25) is 10.0 Å². The first-order valence-corrected chi connectivity index (χ1v) is 8.18. The number of halogens is 3. The molecule has 0 atom stereocenters. The van der Waals surface area contributed by atoms with E-state index in [9.17, 15) is 0 Å². The van der Waals surface area contributed by atoms with Gasteiger partial charge in [0.2, 0.25) is 0 Å². The summed E-state index contributed by atoms with van der Waals surface area (Å²) < 4.78 is 3.04. The van der Waals surface area contributed by atoms with Crippen LogP contribution in [0.3, 0.4) is 0 Å². The molecule has 20 heavy (non-hydrogen) atoms. The average molecular weight is 388 g/mol. The van der Waals surface area contributed by atoms with Crippen LogP contribution < -0.4 is 0 Å². The normalized spacial score (nSPS) is 11.0. The molecule has 3 rings (SSSR count). The molecule has 0 amide bonds. The van der Waals surface area contributed by atoms with Crippen LogP contribution in [0, 0.1) is 6.92 Å². The SMILES string of the molecule is Cc1cn(-c2cc(Cl)ccc2Cl)c(-c2ccc(Br)s2)n1. The molecule has 102 valence electrons. The Kier molecular flexibility index (Phi) is 3.91. The fourth-order valence-electron chi connectivity index (χ4n) is 1.96. The highest BCUT2D eigenvalue weighted by molar-refractivity contribution is 9.11. The second-order valence-electron chi connectivity index (χ2n) is 4.28. The van der Waals surface area contributed by atoms with E-state index in [1.54, 1.807) is 23.5 Å². The third-order valence-electron chi connectivity index (χ3n) is 2.79. The van der Waals surface area contributed by atoms with E-state index in [1.807, 2.05) is 35.9 Å². The maximum atomic E-state index is 6.29. The van der Waals surface area contributed by atoms with E-state index >= 15 is 0 Å². The van der Waals surface area contributed by atoms with Gasteiger partial charge in [0, 0.05) is 11.2 Å². The van der Waals surface area contributed by atoms with Gasteiger partial charge in [0.1, 0.15) is 0 Å². The van der Waals surface area contributed by atoms with Gasteiger partial charge in [0.05, 0.1) is 25.1 Å². The lowest BCUT2D eigenvalue weighted by atomic mass is 10.3. The van der Waals surface area contributed by atoms with Gasteiger partial charge in [0.25, 0.3) is 0 Å². The first kappa shape index (κ1) is 14.1. The molecule has 0 unspecified atom stereocenters. The summed E-state index contributed by atoms with van der Waals surface area (Å²) in [5.41, 5.74) is 1.76. The molecule has 0 saturated carbocycles. The van der Waals surface area contributed by atoms with Gasteiger partial charge in [-0.3, -0.25) is 4.57 Å². The number of benzene rings is 1. The summed E-state index contributed by atoms with van der Waals surface area (Å²) in [5, 5.41) is 1.29. The zero-order valence-corrected chi connectivity index (χ0v) is 14.3. The van der Waals surface area contributed by atoms with Crippen LogP contribution in [-0.2, 0) is 0 Å². The molecule has 2 aromatic heterocycles. The average Bonchev–Trinajstić information content (AvgIpc) is 2.98. The van der Waals surface area contributed by atoms with E-state index in [2.05, 4.69) is 20.9 Å². The van der Waals surface area contributed by atoms with Crippen molar-refractivity contribution in [3.05, 3.63) is 56.1 Å². The number of nitrogens with zero attached hydrogens (tertiary/aromatic N) is 2. The van der Waals surface area contributed by atoms with E-state index < -0.39 is 0 Å². The number of hydrogen-bond acceptors (Lipinski definition) is 2. The van der Waals surface area contributed by atoms with Gasteiger partial charge in [-0.25, -0.2) is 4.98 Å². The first-order valence-electron chi connectivity index (χ1n) is 5.82. The van der Waals surface area contributed by atoms with Gasteiger partial charge in [-0.15, -0.1) is 11.3 Å². The van der Waals surface area contributed by atoms with Gasteiger partial charge in [-0.2, -0.15) is 0 Å². The van der Waals surface area contributed by atoms with Crippen LogP contribution in [0.15, 0.2) is 40.3 Å². The second kappa shape index (κ2) is 5.53. The van der Waals surface area contributed by atoms with Crippen LogP contribution in [-0.4, -0.2) is 9.55 Å². The third-order valence-corrected chi connectivity index (χ3v) is 4.96. The third kappa shape index (κ3) is 2.66. The van der Waals surface area contributed by atoms with Gasteiger partial charge < -0.3 is 0 Å². The van der Waals surface area contributed by atoms with Crippen LogP contribution in [0.4, 0.5) is 0 Å². The quantitative estimate of drug-likeness (QED) is 0.528. The number of hydrogen-bond donors (Lipinski definition) is 0. The Morgan fingerprint density at radius 3 is 2.70 bits per heavy atom. The largest absolute Gasteiger partial charge is 0.297 e. The Morgan fingerprint density at radius 2 is 2.00 bits per heavy atom. The predicted molar refractivity (Wildman–Crippen MR) is 89.3 cm³/mol. The van der Waals surface area contributed by atoms with Crippen molar-refractivity contribution < 1.29 is 0 Å². The number of thiophene rings is 1. The number of aryl methyl sites for hydroxylation is 1. The van der Waals surface area contributed by atoms with E-state index in [0.717, 1.165) is 25.9 Å². The summed E-state index contributed by atoms with van der Waals surface area (Å²) in [5.74, 6) is 0.863. The van der Waals surface area contributed by atoms with E-state index in [4.69, 9.17) is 23.2 Å². The molecule has 0 radical (unpaired) electrons. The molecule has 0 fully saturated rings. The molecule has 0 aliphatic heterocycles. The number of aromatic nitrogens is 2. The maximum absolute atomic E-state index is 6.29. The lowest BCUT2D eigenvalue weighted by Crippen LogP contribution is -1.96. The fraction of sp³-hybridized carbons (Fsp3) is 0.0714. The fourth-order valence-corrected chi connectivity index (χ4v) is 3.71. The van der Waals surface area contributed by atoms with Crippen molar-refractivity contribution in [1.29, 1.82) is 0 Å². The molecule has 6 heteroatoms. The van der Waals surface area contributed by atoms with Gasteiger partial charge in [0.15, 0.2) is 5.82 Å². The summed E-state index contributed by atoms with van der Waals surface area (Å²) in [7, 11) is 0. The lowest BCUT2D eigenvalue weighted by molar-refractivity contribution is 1.07. The minimum atomic E-state index is 0.642. The van der Waals surface area contributed by atoms with Crippen molar-refractivity contribution >= 4 is 50.5 Å². The van der Waals surface area contributed by atoms with Crippen molar-refractivity contribution in [2.24, 2.45) is 0 Å². The molecule has 0 bridgehead atoms. The van der Waals surface area contributed by atoms with E-state index in [-0.39, 0.29) is 0 Å². The topological polar surface area (TPSA) is 17.8 Å². The molecule has 2 heterocycles. The van der Waals surface area contributed by atoms with Crippen molar-refractivity contribution in [2.45, 2.75) is 6.92 Å². The summed E-state index contributed by atoms with van der Waals surface area (Å²) in [6.07, 6.45) is 1.96.